The Kier molecular flexibility index (Phi) is 2.19. The Bertz CT molecular complexity index is 541. The van der Waals surface area contributed by atoms with E-state index < -0.39 is 0 Å². The minimum Gasteiger partial charge on any atom is -0.293 e. The zero-order chi connectivity index (χ0) is 10.3. The quantitative estimate of drug-likeness (QED) is 0.725. The molecular formula is C9H10BrN3O. The highest BCUT2D eigenvalue weighted by Crippen LogP contribution is 2.13. The first-order valence-electron chi connectivity index (χ1n) is 4.37. The number of aromatic nitrogens is 3. The second kappa shape index (κ2) is 3.24. The largest absolute Gasteiger partial charge is 0.330 e. The van der Waals surface area contributed by atoms with Crippen molar-refractivity contribution in [3.63, 3.8) is 0 Å². The van der Waals surface area contributed by atoms with Gasteiger partial charge in [-0.25, -0.2) is 9.78 Å². The Morgan fingerprint density at radius 3 is 2.86 bits per heavy atom. The normalized spacial score (nSPS) is 11.1. The molecule has 0 radical (unpaired) electrons. The number of hydrogen-bond acceptors (Lipinski definition) is 2. The monoisotopic (exact) mass is 255 g/mol. The molecule has 0 N–H and O–H groups in total. The van der Waals surface area contributed by atoms with Crippen molar-refractivity contribution in [2.75, 3.05) is 0 Å². The van der Waals surface area contributed by atoms with Crippen LogP contribution in [0, 0.1) is 0 Å². The zero-order valence-corrected chi connectivity index (χ0v) is 9.58. The zero-order valence-electron chi connectivity index (χ0n) is 7.99. The van der Waals surface area contributed by atoms with E-state index in [2.05, 4.69) is 20.9 Å². The highest BCUT2D eigenvalue weighted by molar-refractivity contribution is 9.10. The third-order valence-electron chi connectivity index (χ3n) is 2.27. The Balaban J connectivity index is 2.96. The molecule has 4 nitrogen and oxygen atoms in total. The van der Waals surface area contributed by atoms with Crippen molar-refractivity contribution in [1.29, 1.82) is 0 Å². The van der Waals surface area contributed by atoms with Crippen LogP contribution in [0.2, 0.25) is 0 Å². The number of nitrogens with zero attached hydrogens (tertiary/aromatic N) is 3. The van der Waals surface area contributed by atoms with E-state index in [0.717, 1.165) is 15.8 Å². The lowest BCUT2D eigenvalue weighted by molar-refractivity contribution is 0.707. The first kappa shape index (κ1) is 9.45. The molecular weight excluding hydrogens is 246 g/mol. The lowest BCUT2D eigenvalue weighted by Crippen LogP contribution is -2.21. The van der Waals surface area contributed by atoms with Gasteiger partial charge < -0.3 is 0 Å². The number of imidazole rings is 1. The van der Waals surface area contributed by atoms with Crippen LogP contribution >= 0.6 is 15.9 Å². The molecule has 0 saturated heterocycles. The summed E-state index contributed by atoms with van der Waals surface area (Å²) in [4.78, 5) is 16.0. The van der Waals surface area contributed by atoms with E-state index in [1.807, 2.05) is 19.1 Å². The second-order valence-electron chi connectivity index (χ2n) is 3.06. The summed E-state index contributed by atoms with van der Waals surface area (Å²) in [6.45, 7) is 2.57. The van der Waals surface area contributed by atoms with Gasteiger partial charge in [0.1, 0.15) is 4.60 Å². The highest BCUT2D eigenvalue weighted by atomic mass is 79.9. The van der Waals surface area contributed by atoms with Crippen LogP contribution in [0.3, 0.4) is 0 Å². The Morgan fingerprint density at radius 2 is 2.21 bits per heavy atom. The predicted molar refractivity (Wildman–Crippen MR) is 58.3 cm³/mol. The van der Waals surface area contributed by atoms with Crippen molar-refractivity contribution in [3.05, 3.63) is 27.2 Å². The number of rotatable bonds is 1. The van der Waals surface area contributed by atoms with Crippen LogP contribution in [0.15, 0.2) is 21.5 Å². The van der Waals surface area contributed by atoms with Gasteiger partial charge in [0, 0.05) is 13.6 Å². The fourth-order valence-corrected chi connectivity index (χ4v) is 1.84. The Labute approximate surface area is 89.3 Å². The minimum atomic E-state index is -0.0203. The van der Waals surface area contributed by atoms with E-state index in [1.54, 1.807) is 16.2 Å². The van der Waals surface area contributed by atoms with Crippen LogP contribution < -0.4 is 5.69 Å². The van der Waals surface area contributed by atoms with Gasteiger partial charge in [-0.05, 0) is 35.0 Å². The molecule has 0 spiro atoms. The molecule has 0 aliphatic heterocycles. The maximum absolute atomic E-state index is 11.7. The molecule has 0 amide bonds. The first-order chi connectivity index (χ1) is 6.65. The Hall–Kier alpha value is -1.10. The molecule has 0 bridgehead atoms. The Morgan fingerprint density at radius 1 is 1.50 bits per heavy atom. The van der Waals surface area contributed by atoms with E-state index in [0.29, 0.717) is 6.54 Å². The molecule has 74 valence electrons. The molecule has 5 heteroatoms. The summed E-state index contributed by atoms with van der Waals surface area (Å²) in [5, 5.41) is 0. The number of halogens is 1. The van der Waals surface area contributed by atoms with Crippen molar-refractivity contribution in [1.82, 2.24) is 14.1 Å². The molecule has 0 atom stereocenters. The molecule has 14 heavy (non-hydrogen) atoms. The highest BCUT2D eigenvalue weighted by Gasteiger charge is 2.09. The SMILES string of the molecule is CCn1c(=O)n(C)c2ccc(Br)nc21. The first-order valence-corrected chi connectivity index (χ1v) is 5.16. The number of fused-ring (bicyclic) bond motifs is 1. The molecule has 0 aromatic carbocycles. The smallest absolute Gasteiger partial charge is 0.293 e. The predicted octanol–water partition coefficient (Wildman–Crippen LogP) is 1.52. The van der Waals surface area contributed by atoms with Crippen LogP contribution in [-0.2, 0) is 13.6 Å². The average molecular weight is 256 g/mol. The van der Waals surface area contributed by atoms with Gasteiger partial charge in [-0.3, -0.25) is 9.13 Å². The van der Waals surface area contributed by atoms with Gasteiger partial charge in [-0.2, -0.15) is 0 Å². The van der Waals surface area contributed by atoms with Gasteiger partial charge in [0.2, 0.25) is 0 Å². The summed E-state index contributed by atoms with van der Waals surface area (Å²) in [5.41, 5.74) is 1.57. The van der Waals surface area contributed by atoms with Crippen LogP contribution in [0.25, 0.3) is 11.2 Å². The standard InChI is InChI=1S/C9H10BrN3O/c1-3-13-8-6(12(2)9(13)14)4-5-7(10)11-8/h4-5H,3H2,1-2H3. The van der Waals surface area contributed by atoms with Crippen molar-refractivity contribution in [3.8, 4) is 0 Å². The van der Waals surface area contributed by atoms with Crippen molar-refractivity contribution in [2.45, 2.75) is 13.5 Å². The number of hydrogen-bond donors (Lipinski definition) is 0. The van der Waals surface area contributed by atoms with E-state index in [4.69, 9.17) is 0 Å². The van der Waals surface area contributed by atoms with E-state index >= 15 is 0 Å². The van der Waals surface area contributed by atoms with E-state index in [1.165, 1.54) is 0 Å². The van der Waals surface area contributed by atoms with Crippen LogP contribution in [0.4, 0.5) is 0 Å². The topological polar surface area (TPSA) is 39.8 Å². The van der Waals surface area contributed by atoms with Gasteiger partial charge in [-0.1, -0.05) is 0 Å². The molecule has 0 saturated carbocycles. The van der Waals surface area contributed by atoms with Gasteiger partial charge in [0.15, 0.2) is 5.65 Å². The minimum absolute atomic E-state index is 0.0203. The van der Waals surface area contributed by atoms with Crippen molar-refractivity contribution in [2.24, 2.45) is 7.05 Å². The maximum Gasteiger partial charge on any atom is 0.330 e. The summed E-state index contributed by atoms with van der Waals surface area (Å²) < 4.78 is 4.01. The molecule has 0 unspecified atom stereocenters. The fraction of sp³-hybridized carbons (Fsp3) is 0.333. The molecule has 2 aromatic rings. The van der Waals surface area contributed by atoms with E-state index in [9.17, 15) is 4.79 Å². The van der Waals surface area contributed by atoms with Crippen LogP contribution in [0.1, 0.15) is 6.92 Å². The van der Waals surface area contributed by atoms with Gasteiger partial charge in [0.05, 0.1) is 5.52 Å². The molecule has 0 aliphatic carbocycles. The van der Waals surface area contributed by atoms with E-state index in [-0.39, 0.29) is 5.69 Å². The van der Waals surface area contributed by atoms with Crippen LogP contribution in [-0.4, -0.2) is 14.1 Å². The summed E-state index contributed by atoms with van der Waals surface area (Å²) in [7, 11) is 1.76. The third-order valence-corrected chi connectivity index (χ3v) is 2.71. The van der Waals surface area contributed by atoms with Crippen molar-refractivity contribution >= 4 is 27.1 Å². The second-order valence-corrected chi connectivity index (χ2v) is 3.88. The molecule has 0 fully saturated rings. The average Bonchev–Trinajstić information content (AvgIpc) is 2.39. The summed E-state index contributed by atoms with van der Waals surface area (Å²) >= 11 is 3.29. The summed E-state index contributed by atoms with van der Waals surface area (Å²) in [5.74, 6) is 0. The number of aryl methyl sites for hydroxylation is 2. The number of pyridine rings is 1. The summed E-state index contributed by atoms with van der Waals surface area (Å²) in [6, 6.07) is 3.72. The molecule has 2 rings (SSSR count). The summed E-state index contributed by atoms with van der Waals surface area (Å²) in [6.07, 6.45) is 0. The molecule has 2 aromatic heterocycles. The molecule has 0 aliphatic rings. The van der Waals surface area contributed by atoms with Crippen molar-refractivity contribution < 1.29 is 0 Å². The molecule has 2 heterocycles. The van der Waals surface area contributed by atoms with Gasteiger partial charge in [-0.15, -0.1) is 0 Å². The lowest BCUT2D eigenvalue weighted by Gasteiger charge is -1.96. The maximum atomic E-state index is 11.7. The van der Waals surface area contributed by atoms with Gasteiger partial charge in [0.25, 0.3) is 0 Å². The fourth-order valence-electron chi connectivity index (χ4n) is 1.54. The lowest BCUT2D eigenvalue weighted by atomic mass is 10.4. The third kappa shape index (κ3) is 1.19. The van der Waals surface area contributed by atoms with Crippen LogP contribution in [0.5, 0.6) is 0 Å². The van der Waals surface area contributed by atoms with Gasteiger partial charge >= 0.3 is 5.69 Å².